The molecule has 2 bridgehead atoms. The van der Waals surface area contributed by atoms with Crippen LogP contribution in [0.3, 0.4) is 0 Å². The molecule has 0 saturated heterocycles. The molecule has 3 aliphatic rings. The van der Waals surface area contributed by atoms with Crippen LogP contribution in [0.15, 0.2) is 23.3 Å². The fraction of sp³-hybridized carbons (Fsp3) is 0.611. The molecule has 0 aromatic carbocycles. The molecule has 0 spiro atoms. The van der Waals surface area contributed by atoms with Gasteiger partial charge >= 0.3 is 0 Å². The Morgan fingerprint density at radius 3 is 1.67 bits per heavy atom. The fourth-order valence-corrected chi connectivity index (χ4v) is 3.67. The van der Waals surface area contributed by atoms with Gasteiger partial charge < -0.3 is 0 Å². The van der Waals surface area contributed by atoms with Crippen LogP contribution in [0.25, 0.3) is 0 Å². The Labute approximate surface area is 126 Å². The minimum absolute atomic E-state index is 0.0255. The van der Waals surface area contributed by atoms with Gasteiger partial charge in [-0.05, 0) is 50.2 Å². The average Bonchev–Trinajstić information content (AvgIpc) is 2.75. The quantitative estimate of drug-likeness (QED) is 0.642. The fourth-order valence-electron chi connectivity index (χ4n) is 3.67. The van der Waals surface area contributed by atoms with Gasteiger partial charge in [0.1, 0.15) is 5.78 Å². The molecular weight excluding hydrogens is 264 g/mol. The van der Waals surface area contributed by atoms with Gasteiger partial charge in [-0.15, -0.1) is 0 Å². The molecule has 0 aromatic heterocycles. The second-order valence-corrected chi connectivity index (χ2v) is 7.23. The maximum Gasteiger partial charge on any atom is 0.182 e. The molecule has 0 radical (unpaired) electrons. The Kier molecular flexibility index (Phi) is 3.81. The zero-order valence-corrected chi connectivity index (χ0v) is 13.6. The third kappa shape index (κ3) is 2.33. The summed E-state index contributed by atoms with van der Waals surface area (Å²) in [5.41, 5.74) is 1.43. The van der Waals surface area contributed by atoms with Gasteiger partial charge in [-0.25, -0.2) is 0 Å². The SMILES string of the molecule is CC12CCC(CC1=O)C2(C)C.CC1=C(C)C(=O)C=CC1=O. The number of hydrogen-bond donors (Lipinski definition) is 0. The van der Waals surface area contributed by atoms with Crippen molar-refractivity contribution in [1.82, 2.24) is 0 Å². The standard InChI is InChI=1S/C10H16O.C8H8O2/c1-9(2)7-4-5-10(9,3)8(11)6-7;1-5-6(2)8(10)4-3-7(5)9/h7H,4-6H2,1-3H3;3-4H,1-2H3. The molecular formula is C18H24O3. The predicted octanol–water partition coefficient (Wildman–Crippen LogP) is 3.43. The van der Waals surface area contributed by atoms with Crippen LogP contribution in [0.5, 0.6) is 0 Å². The number of carbonyl (C=O) groups excluding carboxylic acids is 3. The van der Waals surface area contributed by atoms with Gasteiger partial charge in [0.15, 0.2) is 11.6 Å². The molecule has 0 heterocycles. The number of rotatable bonds is 0. The van der Waals surface area contributed by atoms with Gasteiger partial charge in [0.2, 0.25) is 0 Å². The van der Waals surface area contributed by atoms with Crippen molar-refractivity contribution in [1.29, 1.82) is 0 Å². The summed E-state index contributed by atoms with van der Waals surface area (Å²) >= 11 is 0. The minimum Gasteiger partial charge on any atom is -0.299 e. The van der Waals surface area contributed by atoms with Crippen molar-refractivity contribution in [2.45, 2.75) is 53.9 Å². The van der Waals surface area contributed by atoms with Crippen LogP contribution >= 0.6 is 0 Å². The van der Waals surface area contributed by atoms with Crippen molar-refractivity contribution in [3.05, 3.63) is 23.3 Å². The largest absolute Gasteiger partial charge is 0.299 e. The highest BCUT2D eigenvalue weighted by molar-refractivity contribution is 6.19. The molecule has 0 aliphatic heterocycles. The number of carbonyl (C=O) groups is 3. The number of fused-ring (bicyclic) bond motifs is 2. The maximum absolute atomic E-state index is 11.6. The third-order valence-corrected chi connectivity index (χ3v) is 6.17. The Balaban J connectivity index is 0.000000155. The van der Waals surface area contributed by atoms with Crippen LogP contribution < -0.4 is 0 Å². The first kappa shape index (κ1) is 15.9. The first-order valence-corrected chi connectivity index (χ1v) is 7.59. The lowest BCUT2D eigenvalue weighted by Crippen LogP contribution is -2.32. The zero-order valence-electron chi connectivity index (χ0n) is 13.6. The van der Waals surface area contributed by atoms with Gasteiger partial charge in [-0.2, -0.15) is 0 Å². The molecule has 3 aliphatic carbocycles. The summed E-state index contributed by atoms with van der Waals surface area (Å²) in [6, 6.07) is 0. The first-order chi connectivity index (χ1) is 9.61. The molecule has 3 heteroatoms. The summed E-state index contributed by atoms with van der Waals surface area (Å²) in [5.74, 6) is 1.08. The van der Waals surface area contributed by atoms with E-state index in [0.717, 1.165) is 12.8 Å². The Hall–Kier alpha value is -1.51. The van der Waals surface area contributed by atoms with Gasteiger partial charge in [0.25, 0.3) is 0 Å². The second kappa shape index (κ2) is 5.04. The summed E-state index contributed by atoms with van der Waals surface area (Å²) in [7, 11) is 0. The molecule has 21 heavy (non-hydrogen) atoms. The van der Waals surface area contributed by atoms with Crippen molar-refractivity contribution in [2.24, 2.45) is 16.7 Å². The molecule has 3 rings (SSSR count). The Bertz CT molecular complexity index is 551. The highest BCUT2D eigenvalue weighted by Crippen LogP contribution is 2.63. The van der Waals surface area contributed by atoms with Crippen LogP contribution in [0, 0.1) is 16.7 Å². The molecule has 0 N–H and O–H groups in total. The highest BCUT2D eigenvalue weighted by Gasteiger charge is 2.61. The number of ketones is 3. The average molecular weight is 288 g/mol. The topological polar surface area (TPSA) is 51.2 Å². The molecule has 2 atom stereocenters. The lowest BCUT2D eigenvalue weighted by Gasteiger charge is -2.32. The lowest BCUT2D eigenvalue weighted by atomic mass is 9.70. The van der Waals surface area contributed by atoms with E-state index in [1.807, 2.05) is 0 Å². The Morgan fingerprint density at radius 2 is 1.43 bits per heavy atom. The van der Waals surface area contributed by atoms with E-state index in [2.05, 4.69) is 20.8 Å². The van der Waals surface area contributed by atoms with Gasteiger partial charge in [-0.3, -0.25) is 14.4 Å². The zero-order chi connectivity index (χ0) is 16.0. The minimum atomic E-state index is -0.0582. The summed E-state index contributed by atoms with van der Waals surface area (Å²) in [6.45, 7) is 10.0. The van der Waals surface area contributed by atoms with Crippen molar-refractivity contribution in [2.75, 3.05) is 0 Å². The van der Waals surface area contributed by atoms with E-state index >= 15 is 0 Å². The molecule has 2 fully saturated rings. The lowest BCUT2D eigenvalue weighted by molar-refractivity contribution is -0.128. The first-order valence-electron chi connectivity index (χ1n) is 7.59. The number of hydrogen-bond acceptors (Lipinski definition) is 3. The van der Waals surface area contributed by atoms with Gasteiger partial charge in [0, 0.05) is 23.0 Å². The summed E-state index contributed by atoms with van der Waals surface area (Å²) in [4.78, 5) is 33.3. The van der Waals surface area contributed by atoms with Gasteiger partial charge in [-0.1, -0.05) is 20.8 Å². The summed E-state index contributed by atoms with van der Waals surface area (Å²) in [6.07, 6.45) is 5.87. The molecule has 2 unspecified atom stereocenters. The second-order valence-electron chi connectivity index (χ2n) is 7.23. The van der Waals surface area contributed by atoms with Crippen LogP contribution in [0.1, 0.15) is 53.9 Å². The van der Waals surface area contributed by atoms with Crippen molar-refractivity contribution >= 4 is 17.3 Å². The third-order valence-electron chi connectivity index (χ3n) is 6.17. The normalized spacial score (nSPS) is 33.4. The highest BCUT2D eigenvalue weighted by atomic mass is 16.1. The van der Waals surface area contributed by atoms with Crippen LogP contribution in [0.2, 0.25) is 0 Å². The molecule has 0 amide bonds. The predicted molar refractivity (Wildman–Crippen MR) is 81.8 cm³/mol. The van der Waals surface area contributed by atoms with Gasteiger partial charge in [0.05, 0.1) is 0 Å². The molecule has 3 nitrogen and oxygen atoms in total. The van der Waals surface area contributed by atoms with E-state index in [4.69, 9.17) is 0 Å². The van der Waals surface area contributed by atoms with Crippen molar-refractivity contribution < 1.29 is 14.4 Å². The monoisotopic (exact) mass is 288 g/mol. The van der Waals surface area contributed by atoms with E-state index < -0.39 is 0 Å². The van der Waals surface area contributed by atoms with Crippen LogP contribution in [0.4, 0.5) is 0 Å². The van der Waals surface area contributed by atoms with E-state index in [1.54, 1.807) is 13.8 Å². The smallest absolute Gasteiger partial charge is 0.182 e. The van der Waals surface area contributed by atoms with Crippen molar-refractivity contribution in [3.8, 4) is 0 Å². The molecule has 0 aromatic rings. The molecule has 114 valence electrons. The molecule has 2 saturated carbocycles. The number of allylic oxidation sites excluding steroid dienone is 4. The Morgan fingerprint density at radius 1 is 0.952 bits per heavy atom. The van der Waals surface area contributed by atoms with Crippen LogP contribution in [-0.2, 0) is 14.4 Å². The van der Waals surface area contributed by atoms with E-state index in [0.29, 0.717) is 22.8 Å². The van der Waals surface area contributed by atoms with E-state index in [9.17, 15) is 14.4 Å². The summed E-state index contributed by atoms with van der Waals surface area (Å²) in [5, 5.41) is 0. The van der Waals surface area contributed by atoms with Crippen molar-refractivity contribution in [3.63, 3.8) is 0 Å². The van der Waals surface area contributed by atoms with E-state index in [-0.39, 0.29) is 22.4 Å². The van der Waals surface area contributed by atoms with Crippen LogP contribution in [-0.4, -0.2) is 17.3 Å². The number of Topliss-reactive ketones (excluding diaryl/α,β-unsaturated/α-hetero) is 1. The van der Waals surface area contributed by atoms with E-state index in [1.165, 1.54) is 18.6 Å². The maximum atomic E-state index is 11.6. The summed E-state index contributed by atoms with van der Waals surface area (Å²) < 4.78 is 0.